The Balaban J connectivity index is 1.10. The minimum absolute atomic E-state index is 1.08. The summed E-state index contributed by atoms with van der Waals surface area (Å²) >= 11 is 1.86. The fourth-order valence-electron chi connectivity index (χ4n) is 10.5. The molecule has 0 unspecified atom stereocenters. The van der Waals surface area contributed by atoms with E-state index in [1.165, 1.54) is 80.6 Å². The number of para-hydroxylation sites is 5. The first-order valence-corrected chi connectivity index (χ1v) is 23.7. The Kier molecular flexibility index (Phi) is 9.40. The van der Waals surface area contributed by atoms with Crippen molar-refractivity contribution in [1.82, 2.24) is 4.57 Å². The molecule has 0 atom stereocenters. The molecule has 0 radical (unpaired) electrons. The van der Waals surface area contributed by atoms with E-state index in [0.29, 0.717) is 0 Å². The molecule has 0 bridgehead atoms. The zero-order valence-corrected chi connectivity index (χ0v) is 37.4. The molecule has 13 rings (SSSR count). The van der Waals surface area contributed by atoms with Crippen LogP contribution in [0, 0.1) is 0 Å². The molecule has 0 aliphatic carbocycles. The molecular weight excluding hydrogens is 829 g/mol. The Labute approximate surface area is 393 Å². The van der Waals surface area contributed by atoms with Crippen molar-refractivity contribution < 1.29 is 0 Å². The lowest BCUT2D eigenvalue weighted by Gasteiger charge is -2.31. The zero-order valence-electron chi connectivity index (χ0n) is 36.6. The Hall–Kier alpha value is -8.50. The number of aromatic nitrogens is 1. The number of rotatable bonds is 8. The van der Waals surface area contributed by atoms with Crippen LogP contribution >= 0.6 is 11.3 Å². The topological polar surface area (TPSA) is 8.17 Å². The van der Waals surface area contributed by atoms with Crippen molar-refractivity contribution in [2.24, 2.45) is 0 Å². The lowest BCUT2D eigenvalue weighted by molar-refractivity contribution is 1.18. The molecule has 0 amide bonds. The Bertz CT molecular complexity index is 3990. The van der Waals surface area contributed by atoms with E-state index in [9.17, 15) is 0 Å². The number of anilines is 3. The minimum atomic E-state index is 1.08. The van der Waals surface area contributed by atoms with E-state index in [0.717, 1.165) is 39.4 Å². The third kappa shape index (κ3) is 6.47. The maximum Gasteiger partial charge on any atom is 0.0620 e. The predicted molar refractivity (Wildman–Crippen MR) is 288 cm³/mol. The normalized spacial score (nSPS) is 11.6. The van der Waals surface area contributed by atoms with Crippen molar-refractivity contribution >= 4 is 81.1 Å². The summed E-state index contributed by atoms with van der Waals surface area (Å²) in [7, 11) is 0. The highest BCUT2D eigenvalue weighted by atomic mass is 32.1. The molecule has 2 aromatic heterocycles. The highest BCUT2D eigenvalue weighted by molar-refractivity contribution is 7.25. The molecule has 0 saturated carbocycles. The van der Waals surface area contributed by atoms with Gasteiger partial charge in [-0.25, -0.2) is 0 Å². The van der Waals surface area contributed by atoms with Gasteiger partial charge in [-0.15, -0.1) is 11.3 Å². The van der Waals surface area contributed by atoms with Crippen LogP contribution in [0.1, 0.15) is 0 Å². The third-order valence-electron chi connectivity index (χ3n) is 13.4. The molecule has 67 heavy (non-hydrogen) atoms. The van der Waals surface area contributed by atoms with Gasteiger partial charge in [-0.05, 0) is 93.2 Å². The molecule has 13 aromatic rings. The first kappa shape index (κ1) is 38.9. The van der Waals surface area contributed by atoms with E-state index >= 15 is 0 Å². The fourth-order valence-corrected chi connectivity index (χ4v) is 11.7. The summed E-state index contributed by atoms with van der Waals surface area (Å²) in [4.78, 5) is 2.51. The van der Waals surface area contributed by atoms with Crippen LogP contribution in [0.5, 0.6) is 0 Å². The Morgan fingerprint density at radius 2 is 0.851 bits per heavy atom. The standard InChI is InChI=1S/C64H42N2S/c1-3-20-43(21-4-1)48-32-16-22-44-23-17-34-53(62(44)48)50-28-7-11-37-57(50)65(47-27-15-24-45(42-47)49-33-19-41-61-63(49)56-31-10-14-40-60(56)67-61)58-38-12-8-29-51(58)54-35-18-36-55-52-30-9-13-39-59(52)66(64(54)55)46-25-5-2-6-26-46/h1-42H. The maximum atomic E-state index is 2.51. The zero-order chi connectivity index (χ0) is 44.3. The molecular formula is C64H42N2S. The number of nitrogens with zero attached hydrogens (tertiary/aromatic N) is 2. The van der Waals surface area contributed by atoms with Gasteiger partial charge in [-0.1, -0.05) is 200 Å². The second-order valence-corrected chi connectivity index (χ2v) is 18.2. The molecule has 314 valence electrons. The summed E-state index contributed by atoms with van der Waals surface area (Å²) in [5.74, 6) is 0. The van der Waals surface area contributed by atoms with E-state index in [1.54, 1.807) is 0 Å². The van der Waals surface area contributed by atoms with Crippen molar-refractivity contribution in [2.75, 3.05) is 4.90 Å². The summed E-state index contributed by atoms with van der Waals surface area (Å²) in [5.41, 5.74) is 16.2. The SMILES string of the molecule is c1ccc(-c2cccc3cccc(-c4ccccc4N(c4cccc(-c5cccc6sc7ccccc7c56)c4)c4ccccc4-c4cccc5c6ccccc6n(-c6ccccc6)c45)c23)cc1. The predicted octanol–water partition coefficient (Wildman–Crippen LogP) is 18.4. The highest BCUT2D eigenvalue weighted by Crippen LogP contribution is 2.50. The van der Waals surface area contributed by atoms with Gasteiger partial charge in [-0.3, -0.25) is 0 Å². The largest absolute Gasteiger partial charge is 0.309 e. The first-order valence-electron chi connectivity index (χ1n) is 22.9. The minimum Gasteiger partial charge on any atom is -0.309 e. The van der Waals surface area contributed by atoms with Crippen molar-refractivity contribution in [2.45, 2.75) is 0 Å². The number of fused-ring (bicyclic) bond motifs is 7. The van der Waals surface area contributed by atoms with Gasteiger partial charge in [0.05, 0.1) is 22.4 Å². The van der Waals surface area contributed by atoms with Crippen molar-refractivity contribution in [3.63, 3.8) is 0 Å². The summed E-state index contributed by atoms with van der Waals surface area (Å²) in [6.07, 6.45) is 0. The van der Waals surface area contributed by atoms with Crippen LogP contribution in [0.15, 0.2) is 255 Å². The molecule has 2 nitrogen and oxygen atoms in total. The summed E-state index contributed by atoms with van der Waals surface area (Å²) < 4.78 is 5.05. The van der Waals surface area contributed by atoms with Crippen LogP contribution in [-0.4, -0.2) is 4.57 Å². The summed E-state index contributed by atoms with van der Waals surface area (Å²) in [6, 6.07) is 93.4. The van der Waals surface area contributed by atoms with Gasteiger partial charge in [0.15, 0.2) is 0 Å². The van der Waals surface area contributed by atoms with Crippen LogP contribution in [-0.2, 0) is 0 Å². The van der Waals surface area contributed by atoms with Gasteiger partial charge < -0.3 is 9.47 Å². The first-order chi connectivity index (χ1) is 33.3. The van der Waals surface area contributed by atoms with Crippen LogP contribution in [0.3, 0.4) is 0 Å². The van der Waals surface area contributed by atoms with E-state index in [4.69, 9.17) is 0 Å². The van der Waals surface area contributed by atoms with E-state index in [-0.39, 0.29) is 0 Å². The monoisotopic (exact) mass is 870 g/mol. The van der Waals surface area contributed by atoms with Crippen LogP contribution in [0.25, 0.3) is 103 Å². The van der Waals surface area contributed by atoms with Crippen LogP contribution < -0.4 is 4.90 Å². The second kappa shape index (κ2) is 16.2. The Morgan fingerprint density at radius 3 is 1.64 bits per heavy atom. The number of thiophene rings is 1. The molecule has 0 saturated heterocycles. The van der Waals surface area contributed by atoms with E-state index < -0.39 is 0 Å². The summed E-state index contributed by atoms with van der Waals surface area (Å²) in [6.45, 7) is 0. The second-order valence-electron chi connectivity index (χ2n) is 17.2. The molecule has 3 heteroatoms. The van der Waals surface area contributed by atoms with Gasteiger partial charge >= 0.3 is 0 Å². The molecule has 0 aliphatic heterocycles. The molecule has 0 aliphatic rings. The van der Waals surface area contributed by atoms with Crippen LogP contribution in [0.2, 0.25) is 0 Å². The highest BCUT2D eigenvalue weighted by Gasteiger charge is 2.25. The molecule has 0 fully saturated rings. The quantitative estimate of drug-likeness (QED) is 0.148. The molecule has 0 N–H and O–H groups in total. The fraction of sp³-hybridized carbons (Fsp3) is 0. The lowest BCUT2D eigenvalue weighted by atomic mass is 9.90. The smallest absolute Gasteiger partial charge is 0.0620 e. The average Bonchev–Trinajstić information content (AvgIpc) is 3.96. The van der Waals surface area contributed by atoms with Crippen molar-refractivity contribution in [1.29, 1.82) is 0 Å². The van der Waals surface area contributed by atoms with E-state index in [2.05, 4.69) is 264 Å². The van der Waals surface area contributed by atoms with Gasteiger partial charge in [0.1, 0.15) is 0 Å². The van der Waals surface area contributed by atoms with Crippen molar-refractivity contribution in [3.8, 4) is 50.2 Å². The average molecular weight is 871 g/mol. The molecule has 2 heterocycles. The Morgan fingerprint density at radius 1 is 0.328 bits per heavy atom. The van der Waals surface area contributed by atoms with E-state index in [1.807, 2.05) is 11.3 Å². The lowest BCUT2D eigenvalue weighted by Crippen LogP contribution is -2.13. The van der Waals surface area contributed by atoms with Gasteiger partial charge in [0.25, 0.3) is 0 Å². The van der Waals surface area contributed by atoms with Crippen molar-refractivity contribution in [3.05, 3.63) is 255 Å². The van der Waals surface area contributed by atoms with Crippen LogP contribution in [0.4, 0.5) is 17.1 Å². The van der Waals surface area contributed by atoms with Gasteiger partial charge in [-0.2, -0.15) is 0 Å². The molecule has 11 aromatic carbocycles. The van der Waals surface area contributed by atoms with Gasteiger partial charge in [0.2, 0.25) is 0 Å². The number of benzene rings is 11. The number of hydrogen-bond donors (Lipinski definition) is 0. The van der Waals surface area contributed by atoms with Gasteiger partial charge in [0, 0.05) is 59.0 Å². The number of hydrogen-bond acceptors (Lipinski definition) is 2. The molecule has 0 spiro atoms. The maximum absolute atomic E-state index is 2.51. The third-order valence-corrected chi connectivity index (χ3v) is 14.5. The summed E-state index contributed by atoms with van der Waals surface area (Å²) in [5, 5.41) is 7.50.